The minimum atomic E-state index is -0.987. The predicted molar refractivity (Wildman–Crippen MR) is 168 cm³/mol. The fourth-order valence-electron chi connectivity index (χ4n) is 6.60. The van der Waals surface area contributed by atoms with Gasteiger partial charge in [-0.05, 0) is 79.7 Å². The SMILES string of the molecule is NC(=O)c1cccc2cn(-c3ccc(C4CCN(Cc5cc6c(cc5Br)C(=O)N(C5CCC(=O)NC5=O)C6=O)CC4)cc3)nc12. The first-order valence-corrected chi connectivity index (χ1v) is 15.6. The molecule has 3 aliphatic heterocycles. The minimum Gasteiger partial charge on any atom is -0.366 e. The van der Waals surface area contributed by atoms with Gasteiger partial charge in [0.15, 0.2) is 0 Å². The van der Waals surface area contributed by atoms with Crippen molar-refractivity contribution in [3.05, 3.63) is 93.1 Å². The summed E-state index contributed by atoms with van der Waals surface area (Å²) < 4.78 is 2.50. The van der Waals surface area contributed by atoms with Crippen LogP contribution in [-0.2, 0) is 16.1 Å². The van der Waals surface area contributed by atoms with Crippen molar-refractivity contribution in [1.29, 1.82) is 0 Å². The summed E-state index contributed by atoms with van der Waals surface area (Å²) in [5.74, 6) is -2.14. The second kappa shape index (κ2) is 11.4. The molecule has 0 radical (unpaired) electrons. The fourth-order valence-corrected chi connectivity index (χ4v) is 7.07. The Morgan fingerprint density at radius 3 is 2.36 bits per heavy atom. The van der Waals surface area contributed by atoms with Crippen molar-refractivity contribution in [1.82, 2.24) is 24.9 Å². The summed E-state index contributed by atoms with van der Waals surface area (Å²) in [6, 6.07) is 16.1. The zero-order valence-electron chi connectivity index (χ0n) is 24.2. The first-order chi connectivity index (χ1) is 21.7. The number of amides is 5. The van der Waals surface area contributed by atoms with Crippen LogP contribution in [-0.4, -0.2) is 68.2 Å². The molecular weight excluding hydrogens is 640 g/mol. The van der Waals surface area contributed by atoms with Gasteiger partial charge in [-0.2, -0.15) is 5.10 Å². The largest absolute Gasteiger partial charge is 0.366 e. The first-order valence-electron chi connectivity index (χ1n) is 14.8. The molecule has 2 fully saturated rings. The van der Waals surface area contributed by atoms with Crippen LogP contribution in [0.4, 0.5) is 0 Å². The Bertz CT molecular complexity index is 1910. The van der Waals surface area contributed by atoms with Gasteiger partial charge in [0.2, 0.25) is 11.8 Å². The fraction of sp³-hybridized carbons (Fsp3) is 0.273. The maximum Gasteiger partial charge on any atom is 0.262 e. The molecule has 3 aromatic carbocycles. The monoisotopic (exact) mass is 668 g/mol. The molecule has 11 nitrogen and oxygen atoms in total. The highest BCUT2D eigenvalue weighted by molar-refractivity contribution is 9.10. The molecule has 2 saturated heterocycles. The van der Waals surface area contributed by atoms with Crippen LogP contribution in [0.2, 0.25) is 0 Å². The van der Waals surface area contributed by atoms with E-state index in [9.17, 15) is 24.0 Å². The molecule has 12 heteroatoms. The average Bonchev–Trinajstić information content (AvgIpc) is 3.57. The van der Waals surface area contributed by atoms with E-state index in [1.54, 1.807) is 28.9 Å². The number of carbonyl (C=O) groups is 5. The van der Waals surface area contributed by atoms with Crippen molar-refractivity contribution in [3.8, 4) is 5.69 Å². The maximum atomic E-state index is 13.3. The van der Waals surface area contributed by atoms with E-state index in [1.165, 1.54) is 5.56 Å². The van der Waals surface area contributed by atoms with Crippen molar-refractivity contribution in [2.75, 3.05) is 13.1 Å². The van der Waals surface area contributed by atoms with Gasteiger partial charge in [-0.1, -0.05) is 40.2 Å². The second-order valence-electron chi connectivity index (χ2n) is 11.8. The number of likely N-dealkylation sites (tertiary alicyclic amines) is 1. The van der Waals surface area contributed by atoms with Gasteiger partial charge in [-0.25, -0.2) is 4.68 Å². The number of hydrogen-bond acceptors (Lipinski definition) is 7. The second-order valence-corrected chi connectivity index (χ2v) is 12.6. The van der Waals surface area contributed by atoms with Crippen LogP contribution in [0, 0.1) is 0 Å². The Hall–Kier alpha value is -4.68. The number of rotatable bonds is 6. The van der Waals surface area contributed by atoms with Crippen LogP contribution >= 0.6 is 15.9 Å². The Labute approximate surface area is 266 Å². The molecule has 3 N–H and O–H groups in total. The Kier molecular flexibility index (Phi) is 7.33. The number of halogens is 1. The zero-order valence-corrected chi connectivity index (χ0v) is 25.7. The van der Waals surface area contributed by atoms with Gasteiger partial charge >= 0.3 is 0 Å². The topological polar surface area (TPSA) is 148 Å². The van der Waals surface area contributed by atoms with Gasteiger partial charge in [0.1, 0.15) is 11.6 Å². The number of piperidine rings is 2. The van der Waals surface area contributed by atoms with Crippen molar-refractivity contribution < 1.29 is 24.0 Å². The number of primary amides is 1. The Morgan fingerprint density at radius 1 is 0.956 bits per heavy atom. The molecule has 0 bridgehead atoms. The molecular formula is C33H29BrN6O5. The summed E-state index contributed by atoms with van der Waals surface area (Å²) in [6.45, 7) is 2.34. The zero-order chi connectivity index (χ0) is 31.4. The molecule has 1 aromatic heterocycles. The molecule has 1 unspecified atom stereocenters. The van der Waals surface area contributed by atoms with Crippen LogP contribution < -0.4 is 11.1 Å². The summed E-state index contributed by atoms with van der Waals surface area (Å²) in [6.07, 6.45) is 4.04. The smallest absolute Gasteiger partial charge is 0.262 e. The molecule has 4 heterocycles. The summed E-state index contributed by atoms with van der Waals surface area (Å²) in [4.78, 5) is 65.5. The summed E-state index contributed by atoms with van der Waals surface area (Å²) in [7, 11) is 0. The van der Waals surface area contributed by atoms with Gasteiger partial charge in [-0.15, -0.1) is 0 Å². The molecule has 3 aliphatic rings. The quantitative estimate of drug-likeness (QED) is 0.298. The van der Waals surface area contributed by atoms with Crippen LogP contribution in [0.15, 0.2) is 65.3 Å². The molecule has 0 saturated carbocycles. The summed E-state index contributed by atoms with van der Waals surface area (Å²) in [5.41, 5.74) is 10.1. The molecule has 7 rings (SSSR count). The van der Waals surface area contributed by atoms with E-state index < -0.39 is 35.6 Å². The number of nitrogens with one attached hydrogen (secondary N) is 1. The molecule has 228 valence electrons. The summed E-state index contributed by atoms with van der Waals surface area (Å²) in [5, 5.41) is 7.68. The molecule has 1 atom stereocenters. The lowest BCUT2D eigenvalue weighted by atomic mass is 9.89. The average molecular weight is 670 g/mol. The van der Waals surface area contributed by atoms with E-state index in [2.05, 4.69) is 43.4 Å². The number of nitrogens with zero attached hydrogens (tertiary/aromatic N) is 4. The number of aromatic nitrogens is 2. The van der Waals surface area contributed by atoms with E-state index in [-0.39, 0.29) is 24.0 Å². The Balaban J connectivity index is 1.00. The summed E-state index contributed by atoms with van der Waals surface area (Å²) >= 11 is 3.59. The van der Waals surface area contributed by atoms with Crippen molar-refractivity contribution in [3.63, 3.8) is 0 Å². The van der Waals surface area contributed by atoms with E-state index >= 15 is 0 Å². The number of benzene rings is 3. The number of carbonyl (C=O) groups excluding carboxylic acids is 5. The van der Waals surface area contributed by atoms with Crippen LogP contribution in [0.25, 0.3) is 16.6 Å². The predicted octanol–water partition coefficient (Wildman–Crippen LogP) is 3.67. The third kappa shape index (κ3) is 5.23. The molecule has 0 spiro atoms. The number of imide groups is 2. The third-order valence-electron chi connectivity index (χ3n) is 9.02. The lowest BCUT2D eigenvalue weighted by Crippen LogP contribution is -2.54. The number of fused-ring (bicyclic) bond motifs is 2. The molecule has 4 aromatic rings. The van der Waals surface area contributed by atoms with Gasteiger partial charge < -0.3 is 5.73 Å². The van der Waals surface area contributed by atoms with E-state index in [4.69, 9.17) is 5.73 Å². The number of hydrogen-bond donors (Lipinski definition) is 2. The first kappa shape index (κ1) is 29.1. The van der Waals surface area contributed by atoms with Gasteiger partial charge in [0, 0.05) is 29.0 Å². The van der Waals surface area contributed by atoms with Gasteiger partial charge in [0.05, 0.1) is 22.4 Å². The highest BCUT2D eigenvalue weighted by atomic mass is 79.9. The van der Waals surface area contributed by atoms with Crippen molar-refractivity contribution in [2.45, 2.75) is 44.2 Å². The lowest BCUT2D eigenvalue weighted by molar-refractivity contribution is -0.136. The lowest BCUT2D eigenvalue weighted by Gasteiger charge is -2.32. The number of nitrogens with two attached hydrogens (primary N) is 1. The van der Waals surface area contributed by atoms with Crippen molar-refractivity contribution in [2.24, 2.45) is 5.73 Å². The maximum absolute atomic E-state index is 13.3. The van der Waals surface area contributed by atoms with E-state index in [0.29, 0.717) is 23.5 Å². The van der Waals surface area contributed by atoms with Crippen LogP contribution in [0.5, 0.6) is 0 Å². The molecule has 5 amide bonds. The minimum absolute atomic E-state index is 0.0830. The normalized spacial score (nSPS) is 19.3. The highest BCUT2D eigenvalue weighted by Gasteiger charge is 2.45. The molecule has 0 aliphatic carbocycles. The van der Waals surface area contributed by atoms with E-state index in [0.717, 1.165) is 51.9 Å². The van der Waals surface area contributed by atoms with Crippen LogP contribution in [0.3, 0.4) is 0 Å². The highest BCUT2D eigenvalue weighted by Crippen LogP contribution is 2.34. The van der Waals surface area contributed by atoms with Gasteiger partial charge in [0.25, 0.3) is 17.7 Å². The standard InChI is InChI=1S/C33H29BrN6O5/c34-26-15-25-24(32(44)40(33(25)45)27-8-9-28(41)36-31(27)43)14-21(26)16-38-12-10-19(11-13-38)18-4-6-22(7-5-18)39-17-20-2-1-3-23(30(35)42)29(20)37-39/h1-7,14-15,17,19,27H,8-13,16H2,(H2,35,42)(H,36,41,43). The molecule has 45 heavy (non-hydrogen) atoms. The van der Waals surface area contributed by atoms with Crippen molar-refractivity contribution >= 4 is 56.4 Å². The van der Waals surface area contributed by atoms with Gasteiger partial charge in [-0.3, -0.25) is 39.1 Å². The Morgan fingerprint density at radius 2 is 1.67 bits per heavy atom. The third-order valence-corrected chi connectivity index (χ3v) is 9.76. The van der Waals surface area contributed by atoms with E-state index in [1.807, 2.05) is 24.4 Å². The van der Waals surface area contributed by atoms with Crippen LogP contribution in [0.1, 0.15) is 73.8 Å².